The normalized spacial score (nSPS) is 17.4. The number of alkyl halides is 2. The van der Waals surface area contributed by atoms with Gasteiger partial charge >= 0.3 is 0 Å². The van der Waals surface area contributed by atoms with Crippen LogP contribution in [0.5, 0.6) is 0 Å². The third kappa shape index (κ3) is 5.10. The van der Waals surface area contributed by atoms with E-state index in [2.05, 4.69) is 25.8 Å². The van der Waals surface area contributed by atoms with Crippen LogP contribution in [0.2, 0.25) is 5.02 Å². The number of hydrazone groups is 1. The van der Waals surface area contributed by atoms with Gasteiger partial charge in [-0.15, -0.1) is 0 Å². The Morgan fingerprint density at radius 1 is 1.45 bits per heavy atom. The summed E-state index contributed by atoms with van der Waals surface area (Å²) < 4.78 is 29.2. The van der Waals surface area contributed by atoms with Crippen molar-refractivity contribution in [2.45, 2.75) is 18.4 Å². The number of anilines is 2. The Kier molecular flexibility index (Phi) is 6.71. The van der Waals surface area contributed by atoms with Gasteiger partial charge in [-0.3, -0.25) is 10.2 Å². The van der Waals surface area contributed by atoms with Crippen molar-refractivity contribution in [2.24, 2.45) is 5.10 Å². The van der Waals surface area contributed by atoms with Crippen LogP contribution >= 0.6 is 11.6 Å². The van der Waals surface area contributed by atoms with Gasteiger partial charge in [-0.25, -0.2) is 18.7 Å². The first-order valence-corrected chi connectivity index (χ1v) is 9.46. The number of benzene rings is 1. The van der Waals surface area contributed by atoms with Crippen LogP contribution in [0.25, 0.3) is 0 Å². The van der Waals surface area contributed by atoms with Crippen molar-refractivity contribution in [3.8, 4) is 6.07 Å². The second-order valence-electron chi connectivity index (χ2n) is 6.56. The van der Waals surface area contributed by atoms with Crippen LogP contribution < -0.4 is 10.7 Å². The molecule has 0 aliphatic carbocycles. The molecule has 0 bridgehead atoms. The van der Waals surface area contributed by atoms with Crippen molar-refractivity contribution in [3.63, 3.8) is 0 Å². The molecule has 31 heavy (non-hydrogen) atoms. The molecule has 1 unspecified atom stereocenters. The van der Waals surface area contributed by atoms with Gasteiger partial charge in [0.15, 0.2) is 0 Å². The fraction of sp³-hybridized carbons (Fsp3) is 0.263. The SMILES string of the molecule is N#Cc1ccc(NN=CC=N)c(C(=O)N2CCC(F)(F)C2CNc2ncc(Cl)cn2)c1. The highest BCUT2D eigenvalue weighted by atomic mass is 35.5. The van der Waals surface area contributed by atoms with E-state index in [9.17, 15) is 18.8 Å². The van der Waals surface area contributed by atoms with E-state index < -0.39 is 24.3 Å². The summed E-state index contributed by atoms with van der Waals surface area (Å²) in [6.45, 7) is -0.452. The largest absolute Gasteiger partial charge is 0.352 e. The Hall–Kier alpha value is -3.65. The number of halogens is 3. The Morgan fingerprint density at radius 3 is 2.87 bits per heavy atom. The summed E-state index contributed by atoms with van der Waals surface area (Å²) in [6, 6.07) is 4.70. The van der Waals surface area contributed by atoms with E-state index in [1.165, 1.54) is 30.6 Å². The fourth-order valence-corrected chi connectivity index (χ4v) is 3.20. The Labute approximate surface area is 181 Å². The monoisotopic (exact) mass is 446 g/mol. The summed E-state index contributed by atoms with van der Waals surface area (Å²) in [5.41, 5.74) is 3.04. The average Bonchev–Trinajstić information content (AvgIpc) is 3.07. The average molecular weight is 447 g/mol. The number of nitrogens with one attached hydrogen (secondary N) is 3. The maximum Gasteiger partial charge on any atom is 0.271 e. The molecule has 2 heterocycles. The molecule has 0 saturated carbocycles. The Bertz CT molecular complexity index is 1040. The molecule has 1 aromatic heterocycles. The van der Waals surface area contributed by atoms with Crippen LogP contribution in [0.4, 0.5) is 20.4 Å². The van der Waals surface area contributed by atoms with E-state index in [1.807, 2.05) is 6.07 Å². The summed E-state index contributed by atoms with van der Waals surface area (Å²) in [7, 11) is 0. The molecule has 1 aliphatic heterocycles. The highest BCUT2D eigenvalue weighted by Gasteiger charge is 2.50. The molecule has 1 saturated heterocycles. The third-order valence-electron chi connectivity index (χ3n) is 4.60. The molecule has 160 valence electrons. The topological polar surface area (TPSA) is 130 Å². The van der Waals surface area contributed by atoms with Crippen molar-refractivity contribution in [2.75, 3.05) is 23.8 Å². The van der Waals surface area contributed by atoms with Crippen molar-refractivity contribution in [1.82, 2.24) is 14.9 Å². The predicted octanol–water partition coefficient (Wildman–Crippen LogP) is 3.01. The van der Waals surface area contributed by atoms with E-state index in [1.54, 1.807) is 0 Å². The molecule has 3 rings (SSSR count). The van der Waals surface area contributed by atoms with Gasteiger partial charge in [0.25, 0.3) is 11.8 Å². The third-order valence-corrected chi connectivity index (χ3v) is 4.79. The number of hydrogen-bond acceptors (Lipinski definition) is 8. The zero-order valence-corrected chi connectivity index (χ0v) is 16.8. The van der Waals surface area contributed by atoms with Gasteiger partial charge in [0.2, 0.25) is 5.95 Å². The minimum absolute atomic E-state index is 0.0200. The lowest BCUT2D eigenvalue weighted by molar-refractivity contribution is -0.0248. The minimum Gasteiger partial charge on any atom is -0.352 e. The van der Waals surface area contributed by atoms with E-state index in [4.69, 9.17) is 17.0 Å². The quantitative estimate of drug-likeness (QED) is 0.442. The van der Waals surface area contributed by atoms with E-state index in [-0.39, 0.29) is 35.9 Å². The highest BCUT2D eigenvalue weighted by molar-refractivity contribution is 6.30. The molecule has 9 nitrogen and oxygen atoms in total. The highest BCUT2D eigenvalue weighted by Crippen LogP contribution is 2.36. The number of rotatable bonds is 7. The maximum atomic E-state index is 14.6. The lowest BCUT2D eigenvalue weighted by Gasteiger charge is -2.28. The van der Waals surface area contributed by atoms with E-state index in [0.29, 0.717) is 5.02 Å². The molecule has 3 N–H and O–H groups in total. The first kappa shape index (κ1) is 22.0. The molecule has 1 fully saturated rings. The first-order valence-electron chi connectivity index (χ1n) is 9.08. The number of nitrogens with zero attached hydrogens (tertiary/aromatic N) is 5. The number of likely N-dealkylation sites (tertiary alicyclic amines) is 1. The van der Waals surface area contributed by atoms with Crippen molar-refractivity contribution >= 4 is 41.6 Å². The van der Waals surface area contributed by atoms with Gasteiger partial charge in [-0.2, -0.15) is 10.4 Å². The van der Waals surface area contributed by atoms with Crippen molar-refractivity contribution < 1.29 is 13.6 Å². The molecule has 1 amide bonds. The number of hydrogen-bond donors (Lipinski definition) is 3. The lowest BCUT2D eigenvalue weighted by Crippen LogP contribution is -2.47. The summed E-state index contributed by atoms with van der Waals surface area (Å²) in [4.78, 5) is 22.1. The number of nitriles is 1. The molecule has 1 aliphatic rings. The lowest BCUT2D eigenvalue weighted by atomic mass is 10.1. The Balaban J connectivity index is 1.86. The predicted molar refractivity (Wildman–Crippen MR) is 112 cm³/mol. The smallest absolute Gasteiger partial charge is 0.271 e. The van der Waals surface area contributed by atoms with Crippen molar-refractivity contribution in [1.29, 1.82) is 10.7 Å². The molecule has 1 aromatic carbocycles. The van der Waals surface area contributed by atoms with Crippen LogP contribution in [0.1, 0.15) is 22.3 Å². The van der Waals surface area contributed by atoms with E-state index in [0.717, 1.165) is 17.3 Å². The van der Waals surface area contributed by atoms with Crippen LogP contribution in [-0.4, -0.2) is 58.3 Å². The summed E-state index contributed by atoms with van der Waals surface area (Å²) in [5.74, 6) is -3.70. The van der Waals surface area contributed by atoms with Gasteiger partial charge in [0, 0.05) is 25.7 Å². The fourth-order valence-electron chi connectivity index (χ4n) is 3.10. The zero-order valence-electron chi connectivity index (χ0n) is 16.0. The molecule has 2 aromatic rings. The van der Waals surface area contributed by atoms with Crippen LogP contribution in [0.3, 0.4) is 0 Å². The molecule has 12 heteroatoms. The molecular formula is C19H17ClF2N8O. The van der Waals surface area contributed by atoms with Crippen LogP contribution in [-0.2, 0) is 0 Å². The molecule has 1 atom stereocenters. The van der Waals surface area contributed by atoms with E-state index >= 15 is 0 Å². The second kappa shape index (κ2) is 9.44. The first-order chi connectivity index (χ1) is 14.9. The van der Waals surface area contributed by atoms with Gasteiger partial charge in [0.1, 0.15) is 6.04 Å². The Morgan fingerprint density at radius 2 is 2.19 bits per heavy atom. The van der Waals surface area contributed by atoms with Crippen LogP contribution in [0.15, 0.2) is 35.7 Å². The summed E-state index contributed by atoms with van der Waals surface area (Å²) in [5, 5.41) is 22.9. The molecule has 0 radical (unpaired) electrons. The zero-order chi connectivity index (χ0) is 22.4. The molecule has 0 spiro atoms. The summed E-state index contributed by atoms with van der Waals surface area (Å²) >= 11 is 5.73. The second-order valence-corrected chi connectivity index (χ2v) is 7.00. The van der Waals surface area contributed by atoms with Gasteiger partial charge < -0.3 is 15.6 Å². The molecular weight excluding hydrogens is 430 g/mol. The summed E-state index contributed by atoms with van der Waals surface area (Å²) in [6.07, 6.45) is 4.23. The minimum atomic E-state index is -3.13. The van der Waals surface area contributed by atoms with Gasteiger partial charge in [-0.05, 0) is 18.2 Å². The number of carbonyl (C=O) groups excluding carboxylic acids is 1. The van der Waals surface area contributed by atoms with Crippen LogP contribution in [0, 0.1) is 16.7 Å². The van der Waals surface area contributed by atoms with Crippen molar-refractivity contribution in [3.05, 3.63) is 46.7 Å². The van der Waals surface area contributed by atoms with Gasteiger partial charge in [0.05, 0.1) is 46.5 Å². The number of aromatic nitrogens is 2. The number of amides is 1. The number of carbonyl (C=O) groups is 1. The van der Waals surface area contributed by atoms with Gasteiger partial charge in [-0.1, -0.05) is 11.6 Å². The standard InChI is InChI=1S/C19H17ClF2N8O/c20-13-9-25-18(26-10-13)27-11-16-19(21,22)3-6-30(16)17(31)14-7-12(8-24)1-2-15(14)29-28-5-4-23/h1-2,4-5,7,9-10,16,23,29H,3,6,11H2,(H,25,26,27). The maximum absolute atomic E-state index is 14.6.